The second kappa shape index (κ2) is 8.26. The highest BCUT2D eigenvalue weighted by atomic mass is 32.2. The van der Waals surface area contributed by atoms with Gasteiger partial charge in [-0.1, -0.05) is 12.1 Å². The first-order valence-corrected chi connectivity index (χ1v) is 9.85. The summed E-state index contributed by atoms with van der Waals surface area (Å²) in [5.74, 6) is -3.97. The van der Waals surface area contributed by atoms with E-state index in [2.05, 4.69) is 5.32 Å². The van der Waals surface area contributed by atoms with Crippen LogP contribution in [0, 0.1) is 11.6 Å². The number of ether oxygens (including phenoxy) is 1. The molecule has 2 aromatic rings. The van der Waals surface area contributed by atoms with E-state index >= 15 is 0 Å². The Morgan fingerprint density at radius 1 is 1.11 bits per heavy atom. The van der Waals surface area contributed by atoms with Crippen molar-refractivity contribution < 1.29 is 31.5 Å². The fourth-order valence-corrected chi connectivity index (χ4v) is 2.98. The van der Waals surface area contributed by atoms with Crippen molar-refractivity contribution in [3.8, 4) is 0 Å². The lowest BCUT2D eigenvalue weighted by molar-refractivity contribution is -0.123. The number of hydrogen-bond acceptors (Lipinski definition) is 5. The minimum atomic E-state index is -3.27. The lowest BCUT2D eigenvalue weighted by Gasteiger charge is -2.14. The number of hydrogen-bond donors (Lipinski definition) is 1. The highest BCUT2D eigenvalue weighted by Gasteiger charge is 2.20. The number of esters is 1. The zero-order valence-electron chi connectivity index (χ0n) is 14.5. The van der Waals surface area contributed by atoms with Crippen molar-refractivity contribution >= 4 is 27.4 Å². The standard InChI is InChI=1S/C18H17F2NO5S/c1-11(17(22)21-14-6-7-15(19)16(20)9-14)26-18(23)13-5-3-4-12(8-13)10-27(2,24)25/h3-9,11H,10H2,1-2H3,(H,21,22)/t11-/m1/s1. The molecule has 2 rings (SSSR count). The number of sulfone groups is 1. The first-order valence-electron chi connectivity index (χ1n) is 7.79. The number of halogens is 2. The number of nitrogens with one attached hydrogen (secondary N) is 1. The molecule has 0 radical (unpaired) electrons. The van der Waals surface area contributed by atoms with E-state index in [9.17, 15) is 26.8 Å². The first kappa shape index (κ1) is 20.5. The lowest BCUT2D eigenvalue weighted by atomic mass is 10.1. The SMILES string of the molecule is C[C@@H](OC(=O)c1cccc(CS(C)(=O)=O)c1)C(=O)Nc1ccc(F)c(F)c1. The molecule has 0 unspecified atom stereocenters. The molecule has 2 aromatic carbocycles. The molecule has 0 aliphatic carbocycles. The minimum Gasteiger partial charge on any atom is -0.449 e. The van der Waals surface area contributed by atoms with Gasteiger partial charge in [0, 0.05) is 18.0 Å². The average molecular weight is 397 g/mol. The first-order chi connectivity index (χ1) is 12.5. The van der Waals surface area contributed by atoms with Gasteiger partial charge in [-0.15, -0.1) is 0 Å². The molecule has 0 bridgehead atoms. The zero-order valence-corrected chi connectivity index (χ0v) is 15.3. The van der Waals surface area contributed by atoms with Crippen LogP contribution < -0.4 is 5.32 Å². The summed E-state index contributed by atoms with van der Waals surface area (Å²) < 4.78 is 53.8. The molecule has 1 N–H and O–H groups in total. The summed E-state index contributed by atoms with van der Waals surface area (Å²) in [5.41, 5.74) is 0.506. The molecule has 0 fully saturated rings. The zero-order chi connectivity index (χ0) is 20.2. The van der Waals surface area contributed by atoms with Crippen molar-refractivity contribution in [2.45, 2.75) is 18.8 Å². The average Bonchev–Trinajstić information content (AvgIpc) is 2.56. The van der Waals surface area contributed by atoms with Crippen LogP contribution in [0.25, 0.3) is 0 Å². The van der Waals surface area contributed by atoms with Gasteiger partial charge in [-0.05, 0) is 36.8 Å². The van der Waals surface area contributed by atoms with Crippen LogP contribution in [0.1, 0.15) is 22.8 Å². The monoisotopic (exact) mass is 397 g/mol. The molecule has 1 atom stereocenters. The highest BCUT2D eigenvalue weighted by Crippen LogP contribution is 2.15. The van der Waals surface area contributed by atoms with Crippen LogP contribution in [0.2, 0.25) is 0 Å². The van der Waals surface area contributed by atoms with Crippen molar-refractivity contribution in [1.29, 1.82) is 0 Å². The molecule has 0 aromatic heterocycles. The summed E-state index contributed by atoms with van der Waals surface area (Å²) in [4.78, 5) is 24.2. The van der Waals surface area contributed by atoms with Gasteiger partial charge in [-0.2, -0.15) is 0 Å². The molecule has 0 saturated carbocycles. The molecule has 0 aliphatic heterocycles. The molecule has 27 heavy (non-hydrogen) atoms. The van der Waals surface area contributed by atoms with Crippen LogP contribution in [0.5, 0.6) is 0 Å². The number of rotatable bonds is 6. The Balaban J connectivity index is 2.03. The van der Waals surface area contributed by atoms with E-state index < -0.39 is 39.5 Å². The quantitative estimate of drug-likeness (QED) is 0.757. The molecular weight excluding hydrogens is 380 g/mol. The Bertz CT molecular complexity index is 975. The molecule has 0 aliphatic rings. The number of carbonyl (C=O) groups excluding carboxylic acids is 2. The molecule has 0 spiro atoms. The summed E-state index contributed by atoms with van der Waals surface area (Å²) in [6.07, 6.45) is -0.146. The second-order valence-electron chi connectivity index (χ2n) is 5.94. The number of benzene rings is 2. The maximum absolute atomic E-state index is 13.2. The maximum atomic E-state index is 13.2. The Kier molecular flexibility index (Phi) is 6.27. The summed E-state index contributed by atoms with van der Waals surface area (Å²) in [5, 5.41) is 2.31. The fraction of sp³-hybridized carbons (Fsp3) is 0.222. The summed E-state index contributed by atoms with van der Waals surface area (Å²) in [7, 11) is -3.27. The number of amides is 1. The number of anilines is 1. The molecule has 9 heteroatoms. The Morgan fingerprint density at radius 2 is 1.81 bits per heavy atom. The summed E-state index contributed by atoms with van der Waals surface area (Å²) in [6.45, 7) is 1.31. The van der Waals surface area contributed by atoms with Gasteiger partial charge in [0.2, 0.25) is 0 Å². The van der Waals surface area contributed by atoms with Crippen molar-refractivity contribution in [2.75, 3.05) is 11.6 Å². The van der Waals surface area contributed by atoms with Crippen LogP contribution in [-0.4, -0.2) is 32.7 Å². The van der Waals surface area contributed by atoms with Gasteiger partial charge in [-0.25, -0.2) is 22.0 Å². The molecular formula is C18H17F2NO5S. The lowest BCUT2D eigenvalue weighted by Crippen LogP contribution is -2.30. The smallest absolute Gasteiger partial charge is 0.338 e. The second-order valence-corrected chi connectivity index (χ2v) is 8.08. The van der Waals surface area contributed by atoms with Crippen LogP contribution in [0.4, 0.5) is 14.5 Å². The van der Waals surface area contributed by atoms with E-state index in [1.54, 1.807) is 6.07 Å². The van der Waals surface area contributed by atoms with E-state index in [0.717, 1.165) is 18.4 Å². The molecule has 0 saturated heterocycles. The van der Waals surface area contributed by atoms with Gasteiger partial charge < -0.3 is 10.1 Å². The van der Waals surface area contributed by atoms with Crippen LogP contribution in [0.3, 0.4) is 0 Å². The topological polar surface area (TPSA) is 89.5 Å². The van der Waals surface area contributed by atoms with Crippen molar-refractivity contribution in [1.82, 2.24) is 0 Å². The third kappa shape index (κ3) is 6.14. The minimum absolute atomic E-state index is 0.0111. The van der Waals surface area contributed by atoms with E-state index in [1.807, 2.05) is 0 Å². The van der Waals surface area contributed by atoms with Gasteiger partial charge in [0.05, 0.1) is 11.3 Å². The number of carbonyl (C=O) groups is 2. The van der Waals surface area contributed by atoms with E-state index in [0.29, 0.717) is 5.56 Å². The van der Waals surface area contributed by atoms with Crippen molar-refractivity contribution in [2.24, 2.45) is 0 Å². The normalized spacial score (nSPS) is 12.3. The van der Waals surface area contributed by atoms with Crippen molar-refractivity contribution in [3.63, 3.8) is 0 Å². The van der Waals surface area contributed by atoms with E-state index in [4.69, 9.17) is 4.74 Å². The van der Waals surface area contributed by atoms with Gasteiger partial charge in [-0.3, -0.25) is 4.79 Å². The third-order valence-electron chi connectivity index (χ3n) is 3.43. The van der Waals surface area contributed by atoms with Gasteiger partial charge in [0.25, 0.3) is 5.91 Å². The largest absolute Gasteiger partial charge is 0.449 e. The van der Waals surface area contributed by atoms with Crippen LogP contribution in [-0.2, 0) is 25.1 Å². The third-order valence-corrected chi connectivity index (χ3v) is 4.29. The Hall–Kier alpha value is -2.81. The van der Waals surface area contributed by atoms with E-state index in [-0.39, 0.29) is 17.0 Å². The van der Waals surface area contributed by atoms with Gasteiger partial charge in [0.15, 0.2) is 27.6 Å². The van der Waals surface area contributed by atoms with Crippen molar-refractivity contribution in [3.05, 3.63) is 65.2 Å². The van der Waals surface area contributed by atoms with E-state index in [1.165, 1.54) is 31.2 Å². The maximum Gasteiger partial charge on any atom is 0.338 e. The van der Waals surface area contributed by atoms with Crippen LogP contribution in [0.15, 0.2) is 42.5 Å². The molecule has 6 nitrogen and oxygen atoms in total. The predicted molar refractivity (Wildman–Crippen MR) is 94.9 cm³/mol. The highest BCUT2D eigenvalue weighted by molar-refractivity contribution is 7.89. The molecule has 144 valence electrons. The molecule has 1 amide bonds. The van der Waals surface area contributed by atoms with Gasteiger partial charge >= 0.3 is 5.97 Å². The van der Waals surface area contributed by atoms with Gasteiger partial charge in [0.1, 0.15) is 0 Å². The summed E-state index contributed by atoms with van der Waals surface area (Å²) in [6, 6.07) is 8.67. The predicted octanol–water partition coefficient (Wildman–Crippen LogP) is 2.69. The van der Waals surface area contributed by atoms with Crippen LogP contribution >= 0.6 is 0 Å². The fourth-order valence-electron chi connectivity index (χ4n) is 2.19. The Labute approximate surface area is 155 Å². The molecule has 0 heterocycles. The summed E-state index contributed by atoms with van der Waals surface area (Å²) >= 11 is 0. The Morgan fingerprint density at radius 3 is 2.44 bits per heavy atom.